The third kappa shape index (κ3) is 3.79. The summed E-state index contributed by atoms with van der Waals surface area (Å²) in [6.07, 6.45) is 11.7. The normalized spacial score (nSPS) is 20.2. The Bertz CT molecular complexity index is 101. The summed E-state index contributed by atoms with van der Waals surface area (Å²) in [4.78, 5) is 0. The number of hydrogen-bond donors (Lipinski definition) is 0. The van der Waals surface area contributed by atoms with Crippen molar-refractivity contribution in [2.75, 3.05) is 0 Å². The van der Waals surface area contributed by atoms with Crippen LogP contribution in [0.3, 0.4) is 0 Å². The highest BCUT2D eigenvalue weighted by atomic mass is 14.4. The summed E-state index contributed by atoms with van der Waals surface area (Å²) in [5.74, 6) is 0. The van der Waals surface area contributed by atoms with Crippen LogP contribution in [0.4, 0.5) is 0 Å². The van der Waals surface area contributed by atoms with E-state index in [1.807, 2.05) is 0 Å². The van der Waals surface area contributed by atoms with Gasteiger partial charge in [-0.1, -0.05) is 46.0 Å². The Balaban J connectivity index is 1.81. The van der Waals surface area contributed by atoms with E-state index < -0.39 is 0 Å². The van der Waals surface area contributed by atoms with Crippen LogP contribution in [0.1, 0.15) is 65.2 Å². The van der Waals surface area contributed by atoms with Gasteiger partial charge in [0.1, 0.15) is 0 Å². The van der Waals surface area contributed by atoms with Crippen LogP contribution in [0, 0.1) is 5.41 Å². The Morgan fingerprint density at radius 2 is 1.64 bits per heavy atom. The van der Waals surface area contributed by atoms with Gasteiger partial charge in [0.15, 0.2) is 0 Å². The summed E-state index contributed by atoms with van der Waals surface area (Å²) in [6.45, 7) is 4.72. The fourth-order valence-corrected chi connectivity index (χ4v) is 1.62. The first-order valence-corrected chi connectivity index (χ1v) is 5.27. The third-order valence-corrected chi connectivity index (χ3v) is 2.99. The lowest BCUT2D eigenvalue weighted by atomic mass is 10.0. The van der Waals surface area contributed by atoms with E-state index in [0.717, 1.165) is 5.41 Å². The molecule has 0 amide bonds. The van der Waals surface area contributed by atoms with Gasteiger partial charge in [-0.25, -0.2) is 0 Å². The van der Waals surface area contributed by atoms with Crippen molar-refractivity contribution in [2.24, 2.45) is 5.41 Å². The third-order valence-electron chi connectivity index (χ3n) is 2.99. The average Bonchev–Trinajstić information content (AvgIpc) is 2.69. The fraction of sp³-hybridized carbons (Fsp3) is 1.00. The molecule has 0 heteroatoms. The first-order chi connectivity index (χ1) is 5.27. The van der Waals surface area contributed by atoms with E-state index >= 15 is 0 Å². The van der Waals surface area contributed by atoms with Gasteiger partial charge in [-0.2, -0.15) is 0 Å². The summed E-state index contributed by atoms with van der Waals surface area (Å²) in [5, 5.41) is 0. The van der Waals surface area contributed by atoms with Gasteiger partial charge in [-0.05, 0) is 24.7 Å². The quantitative estimate of drug-likeness (QED) is 0.504. The Kier molecular flexibility index (Phi) is 3.42. The first kappa shape index (κ1) is 9.09. The molecule has 0 aromatic rings. The highest BCUT2D eigenvalue weighted by Gasteiger charge is 2.35. The van der Waals surface area contributed by atoms with E-state index in [-0.39, 0.29) is 0 Å². The van der Waals surface area contributed by atoms with Gasteiger partial charge < -0.3 is 0 Å². The minimum Gasteiger partial charge on any atom is -0.0654 e. The van der Waals surface area contributed by atoms with Gasteiger partial charge in [-0.15, -0.1) is 0 Å². The van der Waals surface area contributed by atoms with Crippen LogP contribution in [0.15, 0.2) is 0 Å². The fourth-order valence-electron chi connectivity index (χ4n) is 1.62. The molecule has 0 saturated heterocycles. The zero-order chi connectivity index (χ0) is 8.16. The molecule has 0 heterocycles. The van der Waals surface area contributed by atoms with Crippen molar-refractivity contribution in [3.05, 3.63) is 0 Å². The molecule has 0 aliphatic heterocycles. The Morgan fingerprint density at radius 1 is 1.00 bits per heavy atom. The highest BCUT2D eigenvalue weighted by Crippen LogP contribution is 2.49. The van der Waals surface area contributed by atoms with Crippen LogP contribution < -0.4 is 0 Å². The summed E-state index contributed by atoms with van der Waals surface area (Å²) in [6, 6.07) is 0. The molecule has 11 heavy (non-hydrogen) atoms. The number of unbranched alkanes of at least 4 members (excludes halogenated alkanes) is 4. The monoisotopic (exact) mass is 154 g/mol. The molecule has 1 fully saturated rings. The molecule has 0 bridgehead atoms. The zero-order valence-corrected chi connectivity index (χ0v) is 8.16. The van der Waals surface area contributed by atoms with Crippen molar-refractivity contribution in [3.8, 4) is 0 Å². The van der Waals surface area contributed by atoms with E-state index in [4.69, 9.17) is 0 Å². The van der Waals surface area contributed by atoms with Gasteiger partial charge in [0.2, 0.25) is 0 Å². The summed E-state index contributed by atoms with van der Waals surface area (Å²) >= 11 is 0. The Hall–Kier alpha value is 0. The summed E-state index contributed by atoms with van der Waals surface area (Å²) in [5.41, 5.74) is 0.798. The van der Waals surface area contributed by atoms with E-state index in [1.165, 1.54) is 51.4 Å². The highest BCUT2D eigenvalue weighted by molar-refractivity contribution is 4.87. The van der Waals surface area contributed by atoms with Crippen molar-refractivity contribution in [1.82, 2.24) is 0 Å². The molecular formula is C11H22. The number of hydrogen-bond acceptors (Lipinski definition) is 0. The second-order valence-corrected chi connectivity index (χ2v) is 4.47. The topological polar surface area (TPSA) is 0 Å². The average molecular weight is 154 g/mol. The SMILES string of the molecule is CCCCCCCC1(C)CC1. The second-order valence-electron chi connectivity index (χ2n) is 4.47. The van der Waals surface area contributed by atoms with Gasteiger partial charge in [0.05, 0.1) is 0 Å². The summed E-state index contributed by atoms with van der Waals surface area (Å²) in [7, 11) is 0. The lowest BCUT2D eigenvalue weighted by molar-refractivity contribution is 0.471. The van der Waals surface area contributed by atoms with Crippen molar-refractivity contribution in [3.63, 3.8) is 0 Å². The molecule has 1 rings (SSSR count). The molecule has 0 aromatic carbocycles. The molecule has 0 atom stereocenters. The van der Waals surface area contributed by atoms with Crippen molar-refractivity contribution < 1.29 is 0 Å². The molecule has 1 aliphatic carbocycles. The van der Waals surface area contributed by atoms with Gasteiger partial charge in [0.25, 0.3) is 0 Å². The molecule has 0 radical (unpaired) electrons. The maximum absolute atomic E-state index is 2.44. The largest absolute Gasteiger partial charge is 0.0654 e. The predicted octanol–water partition coefficient (Wildman–Crippen LogP) is 4.15. The zero-order valence-electron chi connectivity index (χ0n) is 8.16. The van der Waals surface area contributed by atoms with Crippen LogP contribution in [0.2, 0.25) is 0 Å². The first-order valence-electron chi connectivity index (χ1n) is 5.27. The van der Waals surface area contributed by atoms with Crippen LogP contribution in [0.25, 0.3) is 0 Å². The molecule has 1 saturated carbocycles. The molecule has 0 aromatic heterocycles. The maximum atomic E-state index is 2.44. The number of rotatable bonds is 6. The smallest absolute Gasteiger partial charge is 0.0325 e. The molecule has 66 valence electrons. The van der Waals surface area contributed by atoms with Crippen molar-refractivity contribution >= 4 is 0 Å². The minimum atomic E-state index is 0.798. The van der Waals surface area contributed by atoms with Crippen LogP contribution in [-0.2, 0) is 0 Å². The lowest BCUT2D eigenvalue weighted by Gasteiger charge is -2.06. The Morgan fingerprint density at radius 3 is 2.18 bits per heavy atom. The van der Waals surface area contributed by atoms with Crippen LogP contribution in [0.5, 0.6) is 0 Å². The van der Waals surface area contributed by atoms with E-state index in [2.05, 4.69) is 13.8 Å². The summed E-state index contributed by atoms with van der Waals surface area (Å²) < 4.78 is 0. The molecule has 1 aliphatic rings. The Labute approximate surface area is 71.4 Å². The molecule has 0 spiro atoms. The van der Waals surface area contributed by atoms with Crippen molar-refractivity contribution in [2.45, 2.75) is 65.2 Å². The molecule has 0 nitrogen and oxygen atoms in total. The predicted molar refractivity (Wildman–Crippen MR) is 50.7 cm³/mol. The lowest BCUT2D eigenvalue weighted by Crippen LogP contribution is -1.91. The second kappa shape index (κ2) is 4.13. The van der Waals surface area contributed by atoms with Crippen LogP contribution >= 0.6 is 0 Å². The van der Waals surface area contributed by atoms with E-state index in [9.17, 15) is 0 Å². The molecule has 0 unspecified atom stereocenters. The molecular weight excluding hydrogens is 132 g/mol. The van der Waals surface area contributed by atoms with Gasteiger partial charge >= 0.3 is 0 Å². The molecule has 0 N–H and O–H groups in total. The maximum Gasteiger partial charge on any atom is -0.0325 e. The van der Waals surface area contributed by atoms with Gasteiger partial charge in [0, 0.05) is 0 Å². The minimum absolute atomic E-state index is 0.798. The van der Waals surface area contributed by atoms with Gasteiger partial charge in [-0.3, -0.25) is 0 Å². The standard InChI is InChI=1S/C11H22/c1-3-4-5-6-7-8-11(2)9-10-11/h3-10H2,1-2H3. The van der Waals surface area contributed by atoms with Crippen molar-refractivity contribution in [1.29, 1.82) is 0 Å². The van der Waals surface area contributed by atoms with E-state index in [0.29, 0.717) is 0 Å². The van der Waals surface area contributed by atoms with Crippen LogP contribution in [-0.4, -0.2) is 0 Å². The van der Waals surface area contributed by atoms with E-state index in [1.54, 1.807) is 0 Å².